The molecule has 0 bridgehead atoms. The second kappa shape index (κ2) is 5.68. The lowest BCUT2D eigenvalue weighted by Gasteiger charge is -2.00. The van der Waals surface area contributed by atoms with Crippen LogP contribution < -0.4 is 0 Å². The average molecular weight is 303 g/mol. The molecule has 0 aliphatic rings. The van der Waals surface area contributed by atoms with Gasteiger partial charge < -0.3 is 4.84 Å². The van der Waals surface area contributed by atoms with Crippen LogP contribution in [0.1, 0.15) is 11.3 Å². The Hall–Kier alpha value is -1.79. The van der Waals surface area contributed by atoms with Crippen LogP contribution in [0.2, 0.25) is 0 Å². The summed E-state index contributed by atoms with van der Waals surface area (Å²) in [6.45, 7) is 2.08. The Morgan fingerprint density at radius 1 is 1.35 bits per heavy atom. The van der Waals surface area contributed by atoms with E-state index in [0.29, 0.717) is 0 Å². The van der Waals surface area contributed by atoms with E-state index in [1.54, 1.807) is 29.3 Å². The maximum absolute atomic E-state index is 4.78. The molecule has 0 spiro atoms. The Morgan fingerprint density at radius 3 is 2.90 bits per heavy atom. The quantitative estimate of drug-likeness (QED) is 0.543. The highest BCUT2D eigenvalue weighted by Gasteiger charge is 2.13. The maximum atomic E-state index is 4.78. The monoisotopic (exact) mass is 303 g/mol. The first-order valence-electron chi connectivity index (χ1n) is 6.04. The van der Waals surface area contributed by atoms with Crippen molar-refractivity contribution in [1.82, 2.24) is 9.38 Å². The minimum atomic E-state index is 0.932. The molecule has 3 rings (SSSR count). The molecule has 20 heavy (non-hydrogen) atoms. The number of hydrogen-bond donors (Lipinski definition) is 0. The highest BCUT2D eigenvalue weighted by atomic mass is 32.2. The molecule has 3 aromatic rings. The van der Waals surface area contributed by atoms with E-state index in [9.17, 15) is 0 Å². The van der Waals surface area contributed by atoms with Gasteiger partial charge in [-0.05, 0) is 19.1 Å². The summed E-state index contributed by atoms with van der Waals surface area (Å²) in [6, 6.07) is 8.41. The van der Waals surface area contributed by atoms with Gasteiger partial charge in [-0.1, -0.05) is 34.6 Å². The molecular weight excluding hydrogens is 290 g/mol. The molecule has 0 atom stereocenters. The van der Waals surface area contributed by atoms with Crippen molar-refractivity contribution in [3.05, 3.63) is 47.1 Å². The van der Waals surface area contributed by atoms with Gasteiger partial charge in [0, 0.05) is 16.5 Å². The van der Waals surface area contributed by atoms with Gasteiger partial charge in [0.25, 0.3) is 0 Å². The second-order valence-corrected chi connectivity index (χ2v) is 6.13. The van der Waals surface area contributed by atoms with Gasteiger partial charge in [-0.2, -0.15) is 0 Å². The lowest BCUT2D eigenvalue weighted by molar-refractivity contribution is 0.215. The number of hydrogen-bond acceptors (Lipinski definition) is 5. The van der Waals surface area contributed by atoms with Crippen LogP contribution in [0.15, 0.2) is 50.9 Å². The topological polar surface area (TPSA) is 38.9 Å². The smallest absolute Gasteiger partial charge is 0.195 e. The summed E-state index contributed by atoms with van der Waals surface area (Å²) in [5, 5.41) is 6.80. The lowest BCUT2D eigenvalue weighted by Crippen LogP contribution is -1.90. The predicted molar refractivity (Wildman–Crippen MR) is 83.0 cm³/mol. The fourth-order valence-corrected chi connectivity index (χ4v) is 3.46. The highest BCUT2D eigenvalue weighted by Crippen LogP contribution is 2.31. The van der Waals surface area contributed by atoms with Crippen molar-refractivity contribution in [3.8, 4) is 0 Å². The molecule has 0 aliphatic heterocycles. The molecule has 6 heteroatoms. The minimum absolute atomic E-state index is 0.932. The van der Waals surface area contributed by atoms with E-state index in [4.69, 9.17) is 4.84 Å². The number of thiazole rings is 1. The third kappa shape index (κ3) is 2.57. The van der Waals surface area contributed by atoms with Crippen molar-refractivity contribution < 1.29 is 4.84 Å². The second-order valence-electron chi connectivity index (χ2n) is 4.19. The Bertz CT molecular complexity index is 743. The predicted octanol–water partition coefficient (Wildman–Crippen LogP) is 3.84. The van der Waals surface area contributed by atoms with Crippen molar-refractivity contribution in [1.29, 1.82) is 0 Å². The standard InChI is InChI=1S/C14H13N3OS2/c1-10-3-5-11(6-4-10)20-13-12(9-15-18-2)17-7-8-19-14(17)16-13/h3-9H,1-2H3/b15-9+. The zero-order valence-electron chi connectivity index (χ0n) is 11.1. The molecule has 2 aromatic heterocycles. The fourth-order valence-electron chi connectivity index (χ4n) is 1.80. The SMILES string of the molecule is CO/N=C/c1c(Sc2ccc(C)cc2)nc2sccn12. The molecule has 102 valence electrons. The third-order valence-electron chi connectivity index (χ3n) is 2.78. The van der Waals surface area contributed by atoms with Gasteiger partial charge in [-0.25, -0.2) is 4.98 Å². The molecular formula is C14H13N3OS2. The molecule has 0 radical (unpaired) electrons. The van der Waals surface area contributed by atoms with E-state index in [1.165, 1.54) is 12.7 Å². The average Bonchev–Trinajstić information content (AvgIpc) is 3.00. The molecule has 0 N–H and O–H groups in total. The molecule has 0 fully saturated rings. The first-order chi connectivity index (χ1) is 9.78. The van der Waals surface area contributed by atoms with E-state index in [1.807, 2.05) is 16.0 Å². The lowest BCUT2D eigenvalue weighted by atomic mass is 10.2. The number of aryl methyl sites for hydroxylation is 1. The number of rotatable bonds is 4. The maximum Gasteiger partial charge on any atom is 0.195 e. The molecule has 4 nitrogen and oxygen atoms in total. The van der Waals surface area contributed by atoms with Gasteiger partial charge in [0.05, 0.1) is 6.21 Å². The number of oxime groups is 1. The normalized spacial score (nSPS) is 11.5. The van der Waals surface area contributed by atoms with E-state index in [-0.39, 0.29) is 0 Å². The minimum Gasteiger partial charge on any atom is -0.399 e. The summed E-state index contributed by atoms with van der Waals surface area (Å²) < 4.78 is 2.02. The summed E-state index contributed by atoms with van der Waals surface area (Å²) in [7, 11) is 1.54. The van der Waals surface area contributed by atoms with Crippen LogP contribution >= 0.6 is 23.1 Å². The summed E-state index contributed by atoms with van der Waals surface area (Å²) in [5.41, 5.74) is 2.19. The number of fused-ring (bicyclic) bond motifs is 1. The number of imidazole rings is 1. The van der Waals surface area contributed by atoms with Gasteiger partial charge in [-0.15, -0.1) is 11.3 Å². The highest BCUT2D eigenvalue weighted by molar-refractivity contribution is 7.99. The molecule has 0 saturated carbocycles. The Morgan fingerprint density at radius 2 is 2.15 bits per heavy atom. The zero-order valence-corrected chi connectivity index (χ0v) is 12.7. The van der Waals surface area contributed by atoms with Crippen LogP contribution in [0.4, 0.5) is 0 Å². The zero-order chi connectivity index (χ0) is 13.9. The molecule has 0 aliphatic carbocycles. The first-order valence-corrected chi connectivity index (χ1v) is 7.74. The number of aromatic nitrogens is 2. The van der Waals surface area contributed by atoms with Crippen LogP contribution in [0.5, 0.6) is 0 Å². The van der Waals surface area contributed by atoms with Crippen LogP contribution in [-0.2, 0) is 4.84 Å². The van der Waals surface area contributed by atoms with E-state index < -0.39 is 0 Å². The molecule has 2 heterocycles. The number of benzene rings is 1. The Labute approximate surface area is 125 Å². The van der Waals surface area contributed by atoms with Crippen LogP contribution in [-0.4, -0.2) is 22.7 Å². The number of nitrogens with zero attached hydrogens (tertiary/aromatic N) is 3. The first kappa shape index (κ1) is 13.2. The van der Waals surface area contributed by atoms with Crippen molar-refractivity contribution in [2.24, 2.45) is 5.16 Å². The van der Waals surface area contributed by atoms with Crippen molar-refractivity contribution in [2.75, 3.05) is 7.11 Å². The molecule has 0 saturated heterocycles. The van der Waals surface area contributed by atoms with Crippen LogP contribution in [0.25, 0.3) is 4.96 Å². The van der Waals surface area contributed by atoms with Gasteiger partial charge in [0.2, 0.25) is 0 Å². The van der Waals surface area contributed by atoms with Gasteiger partial charge in [0.1, 0.15) is 17.8 Å². The van der Waals surface area contributed by atoms with Gasteiger partial charge in [0.15, 0.2) is 4.96 Å². The molecule has 0 amide bonds. The van der Waals surface area contributed by atoms with E-state index in [2.05, 4.69) is 41.3 Å². The summed E-state index contributed by atoms with van der Waals surface area (Å²) in [6.07, 6.45) is 3.69. The van der Waals surface area contributed by atoms with Gasteiger partial charge >= 0.3 is 0 Å². The molecule has 1 aromatic carbocycles. The largest absolute Gasteiger partial charge is 0.399 e. The summed E-state index contributed by atoms with van der Waals surface area (Å²) in [4.78, 5) is 11.5. The fraction of sp³-hybridized carbons (Fsp3) is 0.143. The van der Waals surface area contributed by atoms with Crippen molar-refractivity contribution in [2.45, 2.75) is 16.8 Å². The van der Waals surface area contributed by atoms with Crippen LogP contribution in [0, 0.1) is 6.92 Å². The summed E-state index contributed by atoms with van der Waals surface area (Å²) >= 11 is 3.24. The Kier molecular flexibility index (Phi) is 3.75. The van der Waals surface area contributed by atoms with Crippen molar-refractivity contribution in [3.63, 3.8) is 0 Å². The Balaban J connectivity index is 1.99. The third-order valence-corrected chi connectivity index (χ3v) is 4.54. The summed E-state index contributed by atoms with van der Waals surface area (Å²) in [5.74, 6) is 0. The van der Waals surface area contributed by atoms with Crippen molar-refractivity contribution >= 4 is 34.3 Å². The van der Waals surface area contributed by atoms with E-state index in [0.717, 1.165) is 20.6 Å². The van der Waals surface area contributed by atoms with Crippen LogP contribution in [0.3, 0.4) is 0 Å². The van der Waals surface area contributed by atoms with Gasteiger partial charge in [-0.3, -0.25) is 4.40 Å². The molecule has 0 unspecified atom stereocenters. The van der Waals surface area contributed by atoms with E-state index >= 15 is 0 Å².